The van der Waals surface area contributed by atoms with Crippen LogP contribution in [0.1, 0.15) is 24.2 Å². The number of rotatable bonds is 6. The lowest BCUT2D eigenvalue weighted by Crippen LogP contribution is -2.57. The lowest BCUT2D eigenvalue weighted by atomic mass is 9.90. The zero-order valence-electron chi connectivity index (χ0n) is 14.5. The number of carbonyl (C=O) groups is 1. The third-order valence-electron chi connectivity index (χ3n) is 4.51. The molecule has 1 aliphatic heterocycles. The van der Waals surface area contributed by atoms with Gasteiger partial charge in [0.05, 0.1) is 12.7 Å². The molecule has 0 saturated carbocycles. The Labute approximate surface area is 150 Å². The molecule has 1 aromatic carbocycles. The predicted octanol–water partition coefficient (Wildman–Crippen LogP) is 1.94. The van der Waals surface area contributed by atoms with Crippen molar-refractivity contribution in [1.82, 2.24) is 15.0 Å². The summed E-state index contributed by atoms with van der Waals surface area (Å²) in [4.78, 5) is 16.1. The van der Waals surface area contributed by atoms with Crippen molar-refractivity contribution in [2.24, 2.45) is 0 Å². The normalized spacial score (nSPS) is 20.8. The Morgan fingerprint density at radius 1 is 1.35 bits per heavy atom. The van der Waals surface area contributed by atoms with Crippen molar-refractivity contribution in [2.45, 2.75) is 31.5 Å². The first-order chi connectivity index (χ1) is 12.4. The summed E-state index contributed by atoms with van der Waals surface area (Å²) in [6.07, 6.45) is 2.51. The van der Waals surface area contributed by atoms with Crippen molar-refractivity contribution < 1.29 is 23.2 Å². The summed E-state index contributed by atoms with van der Waals surface area (Å²) in [5.74, 6) is -1.64. The van der Waals surface area contributed by atoms with Crippen molar-refractivity contribution in [3.63, 3.8) is 0 Å². The smallest absolute Gasteiger partial charge is 0.256 e. The van der Waals surface area contributed by atoms with E-state index in [4.69, 9.17) is 4.52 Å². The van der Waals surface area contributed by atoms with E-state index in [0.29, 0.717) is 37.3 Å². The van der Waals surface area contributed by atoms with Gasteiger partial charge >= 0.3 is 0 Å². The second-order valence-electron chi connectivity index (χ2n) is 6.76. The summed E-state index contributed by atoms with van der Waals surface area (Å²) in [5.41, 5.74) is -1.04. The molecule has 1 N–H and O–H groups in total. The maximum atomic E-state index is 13.4. The van der Waals surface area contributed by atoms with Crippen molar-refractivity contribution in [3.05, 3.63) is 53.4 Å². The molecule has 1 saturated heterocycles. The molecule has 3 rings (SSSR count). The topological polar surface area (TPSA) is 69.8 Å². The molecule has 1 fully saturated rings. The summed E-state index contributed by atoms with van der Waals surface area (Å²) in [6, 6.07) is 5.27. The fourth-order valence-electron chi connectivity index (χ4n) is 3.31. The first-order valence-corrected chi connectivity index (χ1v) is 8.41. The Hall–Kier alpha value is -2.32. The van der Waals surface area contributed by atoms with Gasteiger partial charge in [0.2, 0.25) is 0 Å². The number of aliphatic hydroxyl groups is 1. The summed E-state index contributed by atoms with van der Waals surface area (Å²) < 4.78 is 31.5. The van der Waals surface area contributed by atoms with Gasteiger partial charge in [-0.2, -0.15) is 0 Å². The number of halogens is 2. The average Bonchev–Trinajstić information content (AvgIpc) is 3.08. The quantitative estimate of drug-likeness (QED) is 0.847. The average molecular weight is 365 g/mol. The molecule has 26 heavy (non-hydrogen) atoms. The Morgan fingerprint density at radius 2 is 2.15 bits per heavy atom. The molecule has 1 aliphatic rings. The number of piperidine rings is 1. The highest BCUT2D eigenvalue weighted by atomic mass is 19.2. The van der Waals surface area contributed by atoms with Gasteiger partial charge in [-0.3, -0.25) is 9.69 Å². The molecule has 8 heteroatoms. The molecular weight excluding hydrogens is 344 g/mol. The molecular formula is C18H21F2N3O3. The van der Waals surface area contributed by atoms with E-state index >= 15 is 0 Å². The van der Waals surface area contributed by atoms with Crippen molar-refractivity contribution in [2.75, 3.05) is 20.1 Å². The van der Waals surface area contributed by atoms with Crippen molar-refractivity contribution >= 4 is 5.91 Å². The highest BCUT2D eigenvalue weighted by Crippen LogP contribution is 2.26. The Balaban J connectivity index is 1.66. The Morgan fingerprint density at radius 3 is 2.85 bits per heavy atom. The van der Waals surface area contributed by atoms with Crippen LogP contribution < -0.4 is 0 Å². The van der Waals surface area contributed by atoms with Crippen molar-refractivity contribution in [1.29, 1.82) is 0 Å². The molecule has 6 nitrogen and oxygen atoms in total. The van der Waals surface area contributed by atoms with E-state index in [1.807, 2.05) is 0 Å². The van der Waals surface area contributed by atoms with Gasteiger partial charge in [0.1, 0.15) is 0 Å². The fourth-order valence-corrected chi connectivity index (χ4v) is 3.31. The second kappa shape index (κ2) is 7.51. The number of aromatic nitrogens is 1. The van der Waals surface area contributed by atoms with Crippen LogP contribution in [-0.2, 0) is 17.9 Å². The zero-order valence-corrected chi connectivity index (χ0v) is 14.5. The number of hydrogen-bond donors (Lipinski definition) is 1. The first-order valence-electron chi connectivity index (χ1n) is 8.41. The minimum atomic E-state index is -1.52. The SMILES string of the molecule is CN(Cc1ccno1)C[C@@]1(O)CCCN(Cc2ccc(F)c(F)c2)C1=O. The predicted molar refractivity (Wildman–Crippen MR) is 88.8 cm³/mol. The van der Waals surface area contributed by atoms with Crippen molar-refractivity contribution in [3.8, 4) is 0 Å². The number of likely N-dealkylation sites (N-methyl/N-ethyl adjacent to an activating group) is 1. The molecule has 2 aromatic rings. The van der Waals surface area contributed by atoms with Crippen LogP contribution in [0.2, 0.25) is 0 Å². The number of carbonyl (C=O) groups excluding carboxylic acids is 1. The van der Waals surface area contributed by atoms with Gasteiger partial charge in [-0.1, -0.05) is 11.2 Å². The lowest BCUT2D eigenvalue weighted by Gasteiger charge is -2.40. The van der Waals surface area contributed by atoms with E-state index in [1.54, 1.807) is 18.0 Å². The minimum absolute atomic E-state index is 0.129. The Kier molecular flexibility index (Phi) is 5.33. The summed E-state index contributed by atoms with van der Waals surface area (Å²) >= 11 is 0. The van der Waals surface area contributed by atoms with Gasteiger partial charge in [-0.15, -0.1) is 0 Å². The fraction of sp³-hybridized carbons (Fsp3) is 0.444. The Bertz CT molecular complexity index is 769. The number of benzene rings is 1. The van der Waals surface area contributed by atoms with Crippen LogP contribution in [0.5, 0.6) is 0 Å². The van der Waals surface area contributed by atoms with E-state index in [-0.39, 0.29) is 13.1 Å². The van der Waals surface area contributed by atoms with Gasteiger partial charge < -0.3 is 14.5 Å². The zero-order chi connectivity index (χ0) is 18.7. The number of amides is 1. The van der Waals surface area contributed by atoms with Gasteiger partial charge in [-0.25, -0.2) is 8.78 Å². The lowest BCUT2D eigenvalue weighted by molar-refractivity contribution is -0.160. The molecule has 0 bridgehead atoms. The van der Waals surface area contributed by atoms with Gasteiger partial charge in [0, 0.05) is 25.7 Å². The van der Waals surface area contributed by atoms with Crippen LogP contribution in [-0.4, -0.2) is 51.7 Å². The standard InChI is InChI=1S/C18H21F2N3O3/c1-22(11-14-5-7-21-26-14)12-18(25)6-2-8-23(17(18)24)10-13-3-4-15(19)16(20)9-13/h3-5,7,9,25H,2,6,8,10-12H2,1H3/t18-/m0/s1. The van der Waals surface area contributed by atoms with Crippen LogP contribution in [0.4, 0.5) is 8.78 Å². The van der Waals surface area contributed by atoms with Crippen LogP contribution in [0.25, 0.3) is 0 Å². The molecule has 0 spiro atoms. The monoisotopic (exact) mass is 365 g/mol. The molecule has 0 radical (unpaired) electrons. The molecule has 1 amide bonds. The van der Waals surface area contributed by atoms with Crippen LogP contribution in [0, 0.1) is 11.6 Å². The highest BCUT2D eigenvalue weighted by molar-refractivity contribution is 5.86. The van der Waals surface area contributed by atoms with Crippen LogP contribution in [0.15, 0.2) is 35.0 Å². The van der Waals surface area contributed by atoms with E-state index in [0.717, 1.165) is 12.1 Å². The molecule has 0 unspecified atom stereocenters. The van der Waals surface area contributed by atoms with Gasteiger partial charge in [0.25, 0.3) is 5.91 Å². The number of hydrogen-bond acceptors (Lipinski definition) is 5. The third-order valence-corrected chi connectivity index (χ3v) is 4.51. The molecule has 2 heterocycles. The first kappa shape index (κ1) is 18.5. The van der Waals surface area contributed by atoms with E-state index in [2.05, 4.69) is 5.16 Å². The van der Waals surface area contributed by atoms with E-state index in [9.17, 15) is 18.7 Å². The molecule has 1 aromatic heterocycles. The number of likely N-dealkylation sites (tertiary alicyclic amines) is 1. The van der Waals surface area contributed by atoms with E-state index in [1.165, 1.54) is 17.2 Å². The summed E-state index contributed by atoms with van der Waals surface area (Å²) in [6.45, 7) is 1.15. The van der Waals surface area contributed by atoms with Gasteiger partial charge in [0.15, 0.2) is 23.0 Å². The summed E-state index contributed by atoms with van der Waals surface area (Å²) in [7, 11) is 1.78. The molecule has 140 valence electrons. The highest BCUT2D eigenvalue weighted by Gasteiger charge is 2.42. The second-order valence-corrected chi connectivity index (χ2v) is 6.76. The third kappa shape index (κ3) is 4.08. The maximum absolute atomic E-state index is 13.4. The van der Waals surface area contributed by atoms with Gasteiger partial charge in [-0.05, 0) is 37.6 Å². The van der Waals surface area contributed by atoms with Crippen LogP contribution >= 0.6 is 0 Å². The minimum Gasteiger partial charge on any atom is -0.379 e. The maximum Gasteiger partial charge on any atom is 0.256 e. The molecule has 0 aliphatic carbocycles. The number of nitrogens with zero attached hydrogens (tertiary/aromatic N) is 3. The molecule has 1 atom stereocenters. The largest absolute Gasteiger partial charge is 0.379 e. The summed E-state index contributed by atoms with van der Waals surface area (Å²) in [5, 5.41) is 14.5. The van der Waals surface area contributed by atoms with E-state index < -0.39 is 23.1 Å². The van der Waals surface area contributed by atoms with Crippen LogP contribution in [0.3, 0.4) is 0 Å².